The maximum atomic E-state index is 13.3. The van der Waals surface area contributed by atoms with E-state index < -0.39 is 0 Å². The summed E-state index contributed by atoms with van der Waals surface area (Å²) in [5.74, 6) is 0.902. The molecule has 0 aliphatic rings. The zero-order chi connectivity index (χ0) is 12.4. The number of ether oxygens (including phenoxy) is 1. The minimum absolute atomic E-state index is 0.268. The van der Waals surface area contributed by atoms with Gasteiger partial charge >= 0.3 is 0 Å². The number of anilines is 1. The quantitative estimate of drug-likeness (QED) is 0.797. The fraction of sp³-hybridized carbons (Fsp3) is 0.143. The molecule has 0 bridgehead atoms. The van der Waals surface area contributed by atoms with Gasteiger partial charge in [-0.05, 0) is 49.2 Å². The Morgan fingerprint density at radius 1 is 1.00 bits per heavy atom. The lowest BCUT2D eigenvalue weighted by atomic mass is 10.2. The summed E-state index contributed by atoms with van der Waals surface area (Å²) in [6.07, 6.45) is 0. The van der Waals surface area contributed by atoms with Crippen LogP contribution < -0.4 is 10.5 Å². The van der Waals surface area contributed by atoms with Gasteiger partial charge < -0.3 is 10.5 Å². The summed E-state index contributed by atoms with van der Waals surface area (Å²) in [6, 6.07) is 10.2. The fourth-order valence-corrected chi connectivity index (χ4v) is 1.55. The zero-order valence-corrected chi connectivity index (χ0v) is 9.83. The molecule has 0 saturated heterocycles. The molecule has 0 unspecified atom stereocenters. The van der Waals surface area contributed by atoms with Crippen molar-refractivity contribution in [2.45, 2.75) is 13.8 Å². The van der Waals surface area contributed by atoms with Crippen LogP contribution in [0, 0.1) is 19.7 Å². The van der Waals surface area contributed by atoms with Crippen molar-refractivity contribution < 1.29 is 9.13 Å². The Balaban J connectivity index is 2.28. The van der Waals surface area contributed by atoms with Crippen LogP contribution in [0.25, 0.3) is 0 Å². The van der Waals surface area contributed by atoms with Crippen LogP contribution in [0.2, 0.25) is 0 Å². The first-order valence-corrected chi connectivity index (χ1v) is 5.36. The molecule has 2 N–H and O–H groups in total. The van der Waals surface area contributed by atoms with Crippen LogP contribution >= 0.6 is 0 Å². The van der Waals surface area contributed by atoms with Crippen molar-refractivity contribution >= 4 is 5.69 Å². The van der Waals surface area contributed by atoms with Gasteiger partial charge in [-0.3, -0.25) is 0 Å². The summed E-state index contributed by atoms with van der Waals surface area (Å²) >= 11 is 0. The highest BCUT2D eigenvalue weighted by Crippen LogP contribution is 2.27. The second kappa shape index (κ2) is 4.45. The molecule has 2 rings (SSSR count). The van der Waals surface area contributed by atoms with E-state index in [1.54, 1.807) is 31.2 Å². The van der Waals surface area contributed by atoms with Crippen molar-refractivity contribution in [3.63, 3.8) is 0 Å². The zero-order valence-electron chi connectivity index (χ0n) is 9.83. The molecule has 0 fully saturated rings. The molecule has 0 aromatic heterocycles. The minimum Gasteiger partial charge on any atom is -0.457 e. The van der Waals surface area contributed by atoms with Gasteiger partial charge in [-0.2, -0.15) is 0 Å². The molecule has 3 heteroatoms. The smallest absolute Gasteiger partial charge is 0.130 e. The van der Waals surface area contributed by atoms with E-state index in [4.69, 9.17) is 10.5 Å². The number of nitrogen functional groups attached to an aromatic ring is 1. The Labute approximate surface area is 99.8 Å². The highest BCUT2D eigenvalue weighted by Gasteiger charge is 2.04. The lowest BCUT2D eigenvalue weighted by molar-refractivity contribution is 0.472. The van der Waals surface area contributed by atoms with Crippen LogP contribution in [-0.2, 0) is 0 Å². The van der Waals surface area contributed by atoms with Crippen molar-refractivity contribution in [1.82, 2.24) is 0 Å². The number of benzene rings is 2. The molecule has 2 nitrogen and oxygen atoms in total. The number of nitrogens with two attached hydrogens (primary N) is 1. The summed E-state index contributed by atoms with van der Waals surface area (Å²) in [5.41, 5.74) is 7.86. The van der Waals surface area contributed by atoms with Crippen LogP contribution in [0.4, 0.5) is 10.1 Å². The summed E-state index contributed by atoms with van der Waals surface area (Å²) < 4.78 is 19.0. The number of rotatable bonds is 2. The molecule has 0 saturated carbocycles. The van der Waals surface area contributed by atoms with E-state index in [-0.39, 0.29) is 5.82 Å². The molecule has 0 radical (unpaired) electrons. The van der Waals surface area contributed by atoms with E-state index in [0.29, 0.717) is 22.7 Å². The second-order valence-corrected chi connectivity index (χ2v) is 4.04. The average Bonchev–Trinajstić information content (AvgIpc) is 2.27. The lowest BCUT2D eigenvalue weighted by Gasteiger charge is -2.09. The van der Waals surface area contributed by atoms with Gasteiger partial charge in [0, 0.05) is 11.8 Å². The molecule has 0 aliphatic carbocycles. The number of halogens is 1. The summed E-state index contributed by atoms with van der Waals surface area (Å²) in [7, 11) is 0. The van der Waals surface area contributed by atoms with Crippen molar-refractivity contribution in [1.29, 1.82) is 0 Å². The van der Waals surface area contributed by atoms with Gasteiger partial charge in [0.1, 0.15) is 17.3 Å². The van der Waals surface area contributed by atoms with Crippen molar-refractivity contribution in [3.8, 4) is 11.5 Å². The van der Waals surface area contributed by atoms with E-state index in [2.05, 4.69) is 0 Å². The predicted octanol–water partition coefficient (Wildman–Crippen LogP) is 3.82. The van der Waals surface area contributed by atoms with Crippen LogP contribution in [-0.4, -0.2) is 0 Å². The molecule has 2 aromatic carbocycles. The molecule has 0 atom stereocenters. The molecule has 2 aromatic rings. The van der Waals surface area contributed by atoms with E-state index in [9.17, 15) is 4.39 Å². The number of hydrogen-bond acceptors (Lipinski definition) is 2. The van der Waals surface area contributed by atoms with E-state index in [1.807, 2.05) is 13.0 Å². The monoisotopic (exact) mass is 231 g/mol. The second-order valence-electron chi connectivity index (χ2n) is 4.04. The highest BCUT2D eigenvalue weighted by atomic mass is 19.1. The van der Waals surface area contributed by atoms with Crippen LogP contribution in [0.3, 0.4) is 0 Å². The van der Waals surface area contributed by atoms with Crippen molar-refractivity contribution in [2.75, 3.05) is 5.73 Å². The van der Waals surface area contributed by atoms with Crippen LogP contribution in [0.5, 0.6) is 11.5 Å². The number of aryl methyl sites for hydroxylation is 2. The van der Waals surface area contributed by atoms with E-state index in [1.165, 1.54) is 6.07 Å². The van der Waals surface area contributed by atoms with Gasteiger partial charge in [0.2, 0.25) is 0 Å². The van der Waals surface area contributed by atoms with Gasteiger partial charge in [0.25, 0.3) is 0 Å². The largest absolute Gasteiger partial charge is 0.457 e. The van der Waals surface area contributed by atoms with Gasteiger partial charge in [-0.15, -0.1) is 0 Å². The first-order valence-electron chi connectivity index (χ1n) is 5.36. The Hall–Kier alpha value is -2.03. The maximum absolute atomic E-state index is 13.3. The van der Waals surface area contributed by atoms with Crippen LogP contribution in [0.15, 0.2) is 36.4 Å². The molecule has 0 spiro atoms. The maximum Gasteiger partial charge on any atom is 0.130 e. The SMILES string of the molecule is Cc1ccc(Oc2ccc(N)cc2C)cc1F. The molecule has 0 heterocycles. The average molecular weight is 231 g/mol. The Kier molecular flexibility index (Phi) is 3.00. The molecule has 17 heavy (non-hydrogen) atoms. The third-order valence-corrected chi connectivity index (χ3v) is 2.57. The highest BCUT2D eigenvalue weighted by molar-refractivity contribution is 5.48. The summed E-state index contributed by atoms with van der Waals surface area (Å²) in [6.45, 7) is 3.61. The van der Waals surface area contributed by atoms with Crippen molar-refractivity contribution in [3.05, 3.63) is 53.3 Å². The molecule has 0 aliphatic heterocycles. The third kappa shape index (κ3) is 2.56. The predicted molar refractivity (Wildman–Crippen MR) is 66.8 cm³/mol. The van der Waals surface area contributed by atoms with Gasteiger partial charge in [-0.25, -0.2) is 4.39 Å². The standard InChI is InChI=1S/C14H14FNO/c1-9-3-5-12(8-13(9)15)17-14-6-4-11(16)7-10(14)2/h3-8H,16H2,1-2H3. The summed E-state index contributed by atoms with van der Waals surface area (Å²) in [5, 5.41) is 0. The third-order valence-electron chi connectivity index (χ3n) is 2.57. The van der Waals surface area contributed by atoms with Crippen LogP contribution in [0.1, 0.15) is 11.1 Å². The van der Waals surface area contributed by atoms with Gasteiger partial charge in [0.05, 0.1) is 0 Å². The normalized spacial score (nSPS) is 10.3. The molecular formula is C14H14FNO. The number of hydrogen-bond donors (Lipinski definition) is 1. The minimum atomic E-state index is -0.268. The Bertz CT molecular complexity index is 552. The van der Waals surface area contributed by atoms with Gasteiger partial charge in [0.15, 0.2) is 0 Å². The van der Waals surface area contributed by atoms with E-state index in [0.717, 1.165) is 5.56 Å². The fourth-order valence-electron chi connectivity index (χ4n) is 1.55. The molecule has 88 valence electrons. The van der Waals surface area contributed by atoms with E-state index >= 15 is 0 Å². The first-order chi connectivity index (χ1) is 8.06. The molecular weight excluding hydrogens is 217 g/mol. The topological polar surface area (TPSA) is 35.2 Å². The van der Waals surface area contributed by atoms with Gasteiger partial charge in [-0.1, -0.05) is 6.07 Å². The Morgan fingerprint density at radius 3 is 2.41 bits per heavy atom. The molecule has 0 amide bonds. The summed E-state index contributed by atoms with van der Waals surface area (Å²) in [4.78, 5) is 0. The Morgan fingerprint density at radius 2 is 1.76 bits per heavy atom. The first kappa shape index (κ1) is 11.5. The lowest BCUT2D eigenvalue weighted by Crippen LogP contribution is -1.91. The van der Waals surface area contributed by atoms with Crippen molar-refractivity contribution in [2.24, 2.45) is 0 Å².